The lowest BCUT2D eigenvalue weighted by Crippen LogP contribution is -2.08. The maximum absolute atomic E-state index is 5.16. The maximum Gasteiger partial charge on any atom is 0.254 e. The number of hydrogen-bond donors (Lipinski definition) is 1. The molecule has 0 saturated heterocycles. The van der Waals surface area contributed by atoms with E-state index in [-0.39, 0.29) is 0 Å². The first kappa shape index (κ1) is 15.2. The fourth-order valence-corrected chi connectivity index (χ4v) is 2.51. The molecule has 0 aromatic carbocycles. The van der Waals surface area contributed by atoms with Gasteiger partial charge in [-0.2, -0.15) is 14.6 Å². The molecule has 9 nitrogen and oxygen atoms in total. The summed E-state index contributed by atoms with van der Waals surface area (Å²) >= 11 is 0. The van der Waals surface area contributed by atoms with E-state index in [1.807, 2.05) is 29.0 Å². The van der Waals surface area contributed by atoms with Gasteiger partial charge in [0.25, 0.3) is 5.78 Å². The van der Waals surface area contributed by atoms with E-state index in [0.717, 1.165) is 22.9 Å². The Labute approximate surface area is 143 Å². The van der Waals surface area contributed by atoms with E-state index in [0.29, 0.717) is 18.9 Å². The van der Waals surface area contributed by atoms with Gasteiger partial charge < -0.3 is 10.1 Å². The predicted molar refractivity (Wildman–Crippen MR) is 90.2 cm³/mol. The molecule has 1 N–H and O–H groups in total. The summed E-state index contributed by atoms with van der Waals surface area (Å²) in [5, 5.41) is 7.58. The highest BCUT2D eigenvalue weighted by Crippen LogP contribution is 2.14. The molecule has 0 atom stereocenters. The van der Waals surface area contributed by atoms with Gasteiger partial charge in [0.2, 0.25) is 0 Å². The first-order chi connectivity index (χ1) is 12.3. The van der Waals surface area contributed by atoms with E-state index in [9.17, 15) is 0 Å². The molecule has 0 unspecified atom stereocenters. The maximum atomic E-state index is 5.16. The molecule has 4 aromatic rings. The molecule has 0 aliphatic heterocycles. The summed E-state index contributed by atoms with van der Waals surface area (Å²) in [5.74, 6) is 2.15. The van der Waals surface area contributed by atoms with Gasteiger partial charge in [0.05, 0.1) is 12.3 Å². The lowest BCUT2D eigenvalue weighted by atomic mass is 10.2. The molecule has 4 aromatic heterocycles. The average Bonchev–Trinajstić information content (AvgIpc) is 3.32. The number of anilines is 1. The molecular weight excluding hydrogens is 320 g/mol. The number of nitrogens with zero attached hydrogens (tertiary/aromatic N) is 7. The summed E-state index contributed by atoms with van der Waals surface area (Å²) in [6, 6.07) is 5.87. The Morgan fingerprint density at radius 1 is 1.20 bits per heavy atom. The first-order valence-corrected chi connectivity index (χ1v) is 7.69. The Bertz CT molecular complexity index is 979. The van der Waals surface area contributed by atoms with E-state index in [1.165, 1.54) is 6.33 Å². The monoisotopic (exact) mass is 336 g/mol. The number of nitrogens with one attached hydrogen (secondary N) is 1. The number of imidazole rings is 1. The zero-order chi connectivity index (χ0) is 17.1. The number of aromatic nitrogens is 7. The van der Waals surface area contributed by atoms with Gasteiger partial charge in [-0.25, -0.2) is 15.0 Å². The van der Waals surface area contributed by atoms with E-state index < -0.39 is 0 Å². The normalized spacial score (nSPS) is 11.1. The van der Waals surface area contributed by atoms with Crippen molar-refractivity contribution in [2.75, 3.05) is 12.4 Å². The molecule has 4 heterocycles. The Hall–Kier alpha value is -3.33. The number of methoxy groups -OCH3 is 1. The van der Waals surface area contributed by atoms with Crippen LogP contribution in [0, 0.1) is 0 Å². The quantitative estimate of drug-likeness (QED) is 0.569. The van der Waals surface area contributed by atoms with Gasteiger partial charge in [0.15, 0.2) is 0 Å². The van der Waals surface area contributed by atoms with Crippen LogP contribution in [0.2, 0.25) is 0 Å². The molecule has 0 fully saturated rings. The molecule has 9 heteroatoms. The highest BCUT2D eigenvalue weighted by molar-refractivity contribution is 5.45. The Morgan fingerprint density at radius 2 is 2.16 bits per heavy atom. The lowest BCUT2D eigenvalue weighted by Gasteiger charge is -2.10. The van der Waals surface area contributed by atoms with E-state index >= 15 is 0 Å². The molecule has 0 bridgehead atoms. The Morgan fingerprint density at radius 3 is 3.00 bits per heavy atom. The molecule has 0 radical (unpaired) electrons. The van der Waals surface area contributed by atoms with Crippen molar-refractivity contribution in [2.24, 2.45) is 0 Å². The molecular formula is C16H16N8O. The smallest absolute Gasteiger partial charge is 0.254 e. The summed E-state index contributed by atoms with van der Waals surface area (Å²) < 4.78 is 8.69. The average molecular weight is 336 g/mol. The van der Waals surface area contributed by atoms with Crippen molar-refractivity contribution in [2.45, 2.75) is 13.2 Å². The molecule has 4 rings (SSSR count). The summed E-state index contributed by atoms with van der Waals surface area (Å²) in [6.07, 6.45) is 8.56. The van der Waals surface area contributed by atoms with Crippen LogP contribution in [0.4, 0.5) is 5.82 Å². The lowest BCUT2D eigenvalue weighted by molar-refractivity contribution is 0.181. The molecule has 25 heavy (non-hydrogen) atoms. The van der Waals surface area contributed by atoms with Crippen LogP contribution in [0.1, 0.15) is 11.3 Å². The third-order valence-corrected chi connectivity index (χ3v) is 3.65. The second-order valence-electron chi connectivity index (χ2n) is 5.38. The van der Waals surface area contributed by atoms with Crippen LogP contribution in [0.15, 0.2) is 49.4 Å². The topological polar surface area (TPSA) is 95.0 Å². The largest absolute Gasteiger partial charge is 0.378 e. The van der Waals surface area contributed by atoms with Crippen LogP contribution in [0.5, 0.6) is 0 Å². The van der Waals surface area contributed by atoms with Gasteiger partial charge in [-0.15, -0.1) is 0 Å². The van der Waals surface area contributed by atoms with Crippen LogP contribution in [0.3, 0.4) is 0 Å². The van der Waals surface area contributed by atoms with Crippen LogP contribution in [0.25, 0.3) is 11.6 Å². The molecule has 126 valence electrons. The van der Waals surface area contributed by atoms with Gasteiger partial charge in [0, 0.05) is 38.3 Å². The van der Waals surface area contributed by atoms with E-state index in [1.54, 1.807) is 30.3 Å². The Balaban J connectivity index is 1.58. The molecule has 0 spiro atoms. The SMILES string of the molecule is COCc1cc(NCc2ccnc(-n3ccnc3)c2)n2ncnc2n1. The van der Waals surface area contributed by atoms with Gasteiger partial charge >= 0.3 is 0 Å². The number of ether oxygens (including phenoxy) is 1. The third-order valence-electron chi connectivity index (χ3n) is 3.65. The summed E-state index contributed by atoms with van der Waals surface area (Å²) in [5.41, 5.74) is 1.87. The standard InChI is InChI=1S/C16H16N8O/c1-25-9-13-7-15(24-16(22-13)20-10-21-24)19-8-12-2-3-18-14(6-12)23-5-4-17-11-23/h2-7,10-11,19H,8-9H2,1H3. The summed E-state index contributed by atoms with van der Waals surface area (Å²) in [7, 11) is 1.64. The second-order valence-corrected chi connectivity index (χ2v) is 5.38. The fraction of sp³-hybridized carbons (Fsp3) is 0.188. The van der Waals surface area contributed by atoms with Gasteiger partial charge in [-0.1, -0.05) is 0 Å². The number of hydrogen-bond acceptors (Lipinski definition) is 7. The van der Waals surface area contributed by atoms with E-state index in [4.69, 9.17) is 4.74 Å². The predicted octanol–water partition coefficient (Wildman–Crippen LogP) is 1.46. The van der Waals surface area contributed by atoms with Gasteiger partial charge in [0.1, 0.15) is 24.3 Å². The van der Waals surface area contributed by atoms with Gasteiger partial charge in [-0.05, 0) is 17.7 Å². The first-order valence-electron chi connectivity index (χ1n) is 7.69. The zero-order valence-corrected chi connectivity index (χ0v) is 13.6. The molecule has 0 amide bonds. The number of fused-ring (bicyclic) bond motifs is 1. The minimum atomic E-state index is 0.415. The Kier molecular flexibility index (Phi) is 4.05. The zero-order valence-electron chi connectivity index (χ0n) is 13.6. The van der Waals surface area contributed by atoms with Crippen molar-refractivity contribution in [3.05, 3.63) is 60.7 Å². The van der Waals surface area contributed by atoms with Crippen molar-refractivity contribution < 1.29 is 4.74 Å². The summed E-state index contributed by atoms with van der Waals surface area (Å²) in [4.78, 5) is 16.9. The fourth-order valence-electron chi connectivity index (χ4n) is 2.51. The van der Waals surface area contributed by atoms with Crippen LogP contribution in [-0.2, 0) is 17.9 Å². The van der Waals surface area contributed by atoms with Crippen LogP contribution in [-0.4, -0.2) is 41.2 Å². The van der Waals surface area contributed by atoms with Crippen molar-refractivity contribution in [1.82, 2.24) is 34.1 Å². The van der Waals surface area contributed by atoms with Crippen molar-refractivity contribution >= 4 is 11.6 Å². The second kappa shape index (κ2) is 6.65. The molecule has 0 aliphatic rings. The van der Waals surface area contributed by atoms with Gasteiger partial charge in [-0.3, -0.25) is 4.57 Å². The minimum Gasteiger partial charge on any atom is -0.378 e. The van der Waals surface area contributed by atoms with Crippen molar-refractivity contribution in [1.29, 1.82) is 0 Å². The molecule has 0 saturated carbocycles. The minimum absolute atomic E-state index is 0.415. The third kappa shape index (κ3) is 3.17. The van der Waals surface area contributed by atoms with Crippen molar-refractivity contribution in [3.8, 4) is 5.82 Å². The molecule has 0 aliphatic carbocycles. The number of pyridine rings is 1. The van der Waals surface area contributed by atoms with Crippen LogP contribution < -0.4 is 5.32 Å². The summed E-state index contributed by atoms with van der Waals surface area (Å²) in [6.45, 7) is 1.02. The number of rotatable bonds is 6. The van der Waals surface area contributed by atoms with Crippen molar-refractivity contribution in [3.63, 3.8) is 0 Å². The highest BCUT2D eigenvalue weighted by atomic mass is 16.5. The van der Waals surface area contributed by atoms with Crippen LogP contribution >= 0.6 is 0 Å². The highest BCUT2D eigenvalue weighted by Gasteiger charge is 2.08. The van der Waals surface area contributed by atoms with E-state index in [2.05, 4.69) is 30.4 Å².